The maximum Gasteiger partial charge on any atom is 0.373 e. The van der Waals surface area contributed by atoms with Crippen molar-refractivity contribution in [3.63, 3.8) is 0 Å². The van der Waals surface area contributed by atoms with Gasteiger partial charge in [0, 0.05) is 18.3 Å². The molecule has 1 heterocycles. The first-order valence-electron chi connectivity index (χ1n) is 5.81. The van der Waals surface area contributed by atoms with E-state index in [1.807, 2.05) is 0 Å². The fourth-order valence-electron chi connectivity index (χ4n) is 1.65. The Hall–Kier alpha value is -2.83. The number of aryl methyl sites for hydroxylation is 1. The number of nitrogens with one attached hydrogen (secondary N) is 2. The summed E-state index contributed by atoms with van der Waals surface area (Å²) in [6.45, 7) is 2.96. The summed E-state index contributed by atoms with van der Waals surface area (Å²) >= 11 is 0. The zero-order chi connectivity index (χ0) is 14.7. The molecule has 104 valence electrons. The maximum atomic E-state index is 11.0. The predicted molar refractivity (Wildman–Crippen MR) is 72.2 cm³/mol. The molecular weight excluding hydrogens is 262 g/mol. The smallest absolute Gasteiger partial charge is 0.373 e. The highest BCUT2D eigenvalue weighted by Crippen LogP contribution is 2.21. The molecule has 1 aromatic carbocycles. The molecule has 0 aliphatic carbocycles. The fourth-order valence-corrected chi connectivity index (χ4v) is 1.65. The van der Waals surface area contributed by atoms with Crippen LogP contribution in [0.15, 0.2) is 28.7 Å². The van der Waals surface area contributed by atoms with Crippen LogP contribution in [-0.2, 0) is 4.79 Å². The summed E-state index contributed by atoms with van der Waals surface area (Å²) in [5.41, 5.74) is 1.52. The number of hydrogen-bond donors (Lipinski definition) is 3. The molecule has 0 atom stereocenters. The summed E-state index contributed by atoms with van der Waals surface area (Å²) in [6.07, 6.45) is 0. The van der Waals surface area contributed by atoms with Crippen molar-refractivity contribution in [3.05, 3.63) is 35.7 Å². The maximum absolute atomic E-state index is 11.0. The lowest BCUT2D eigenvalue weighted by Gasteiger charge is -2.05. The zero-order valence-corrected chi connectivity index (χ0v) is 10.9. The SMILES string of the molecule is CC(=O)Nc1cccc(Nc2nc(C)c(C(=O)O)o2)c1. The van der Waals surface area contributed by atoms with Crippen molar-refractivity contribution in [3.8, 4) is 0 Å². The van der Waals surface area contributed by atoms with Crippen molar-refractivity contribution in [2.75, 3.05) is 10.6 Å². The number of carbonyl (C=O) groups is 2. The molecule has 3 N–H and O–H groups in total. The third-order valence-electron chi connectivity index (χ3n) is 2.43. The second-order valence-electron chi connectivity index (χ2n) is 4.13. The van der Waals surface area contributed by atoms with Crippen molar-refractivity contribution < 1.29 is 19.1 Å². The topological polar surface area (TPSA) is 104 Å². The molecule has 0 saturated carbocycles. The molecule has 0 unspecified atom stereocenters. The van der Waals surface area contributed by atoms with Gasteiger partial charge in [-0.25, -0.2) is 4.79 Å². The lowest BCUT2D eigenvalue weighted by atomic mass is 10.3. The lowest BCUT2D eigenvalue weighted by molar-refractivity contribution is -0.114. The molecule has 1 amide bonds. The lowest BCUT2D eigenvalue weighted by Crippen LogP contribution is -2.05. The monoisotopic (exact) mass is 275 g/mol. The van der Waals surface area contributed by atoms with Crippen molar-refractivity contribution in [2.24, 2.45) is 0 Å². The fraction of sp³-hybridized carbons (Fsp3) is 0.154. The van der Waals surface area contributed by atoms with Crippen molar-refractivity contribution >= 4 is 29.3 Å². The number of carboxylic acids is 1. The van der Waals surface area contributed by atoms with Crippen molar-refractivity contribution in [1.82, 2.24) is 4.98 Å². The van der Waals surface area contributed by atoms with E-state index in [1.165, 1.54) is 6.92 Å². The molecule has 2 aromatic rings. The average Bonchev–Trinajstić information content (AvgIpc) is 2.70. The number of amides is 1. The summed E-state index contributed by atoms with van der Waals surface area (Å²) in [6, 6.07) is 6.98. The van der Waals surface area contributed by atoms with E-state index < -0.39 is 5.97 Å². The molecule has 20 heavy (non-hydrogen) atoms. The number of benzene rings is 1. The van der Waals surface area contributed by atoms with Gasteiger partial charge in [0.25, 0.3) is 6.01 Å². The first kappa shape index (κ1) is 13.6. The number of nitrogens with zero attached hydrogens (tertiary/aromatic N) is 1. The molecule has 0 radical (unpaired) electrons. The molecule has 0 aliphatic heterocycles. The first-order chi connectivity index (χ1) is 9.45. The first-order valence-corrected chi connectivity index (χ1v) is 5.81. The number of carboxylic acid groups (broad SMARTS) is 1. The number of rotatable bonds is 4. The Balaban J connectivity index is 2.19. The van der Waals surface area contributed by atoms with Crippen LogP contribution >= 0.6 is 0 Å². The largest absolute Gasteiger partial charge is 0.475 e. The van der Waals surface area contributed by atoms with E-state index in [-0.39, 0.29) is 23.4 Å². The van der Waals surface area contributed by atoms with Gasteiger partial charge in [-0.1, -0.05) is 6.07 Å². The van der Waals surface area contributed by atoms with Crippen LogP contribution in [0.3, 0.4) is 0 Å². The summed E-state index contributed by atoms with van der Waals surface area (Å²) < 4.78 is 5.09. The van der Waals surface area contributed by atoms with Gasteiger partial charge in [0.2, 0.25) is 11.7 Å². The molecule has 0 saturated heterocycles. The Morgan fingerprint density at radius 2 is 2.00 bits per heavy atom. The van der Waals surface area contributed by atoms with Crippen LogP contribution in [-0.4, -0.2) is 22.0 Å². The normalized spacial score (nSPS) is 10.1. The second kappa shape index (κ2) is 5.43. The molecule has 0 aliphatic rings. The summed E-state index contributed by atoms with van der Waals surface area (Å²) in [7, 11) is 0. The Kier molecular flexibility index (Phi) is 3.69. The number of carbonyl (C=O) groups excluding carboxylic acids is 1. The van der Waals surface area contributed by atoms with E-state index in [1.54, 1.807) is 31.2 Å². The van der Waals surface area contributed by atoms with E-state index in [0.717, 1.165) is 0 Å². The average molecular weight is 275 g/mol. The van der Waals surface area contributed by atoms with Crippen molar-refractivity contribution in [2.45, 2.75) is 13.8 Å². The van der Waals surface area contributed by atoms with Crippen LogP contribution in [0.4, 0.5) is 17.4 Å². The van der Waals surface area contributed by atoms with E-state index >= 15 is 0 Å². The summed E-state index contributed by atoms with van der Waals surface area (Å²) in [5, 5.41) is 14.4. The molecule has 7 heteroatoms. The van der Waals surface area contributed by atoms with E-state index in [2.05, 4.69) is 15.6 Å². The van der Waals surface area contributed by atoms with Crippen LogP contribution in [0.25, 0.3) is 0 Å². The minimum Gasteiger partial charge on any atom is -0.475 e. The van der Waals surface area contributed by atoms with Gasteiger partial charge in [0.15, 0.2) is 0 Å². The Morgan fingerprint density at radius 1 is 1.30 bits per heavy atom. The van der Waals surface area contributed by atoms with Gasteiger partial charge < -0.3 is 20.2 Å². The molecule has 0 bridgehead atoms. The standard InChI is InChI=1S/C13H13N3O4/c1-7-11(12(18)19)20-13(14-7)16-10-5-3-4-9(6-10)15-8(2)17/h3-6H,1-2H3,(H,14,16)(H,15,17)(H,18,19). The minimum absolute atomic E-state index is 0.0832. The van der Waals surface area contributed by atoms with Gasteiger partial charge >= 0.3 is 5.97 Å². The van der Waals surface area contributed by atoms with E-state index in [4.69, 9.17) is 9.52 Å². The minimum atomic E-state index is -1.17. The number of hydrogen-bond acceptors (Lipinski definition) is 5. The quantitative estimate of drug-likeness (QED) is 0.791. The van der Waals surface area contributed by atoms with Gasteiger partial charge in [-0.2, -0.15) is 4.98 Å². The molecule has 7 nitrogen and oxygen atoms in total. The van der Waals surface area contributed by atoms with Crippen LogP contribution in [0.5, 0.6) is 0 Å². The van der Waals surface area contributed by atoms with E-state index in [0.29, 0.717) is 11.4 Å². The number of anilines is 3. The van der Waals surface area contributed by atoms with Crippen LogP contribution in [0.2, 0.25) is 0 Å². The summed E-state index contributed by atoms with van der Waals surface area (Å²) in [5.74, 6) is -1.55. The molecule has 0 fully saturated rings. The zero-order valence-electron chi connectivity index (χ0n) is 10.9. The third-order valence-corrected chi connectivity index (χ3v) is 2.43. The molecule has 2 rings (SSSR count). The van der Waals surface area contributed by atoms with Crippen LogP contribution in [0, 0.1) is 6.92 Å². The van der Waals surface area contributed by atoms with Gasteiger partial charge in [0.05, 0.1) is 5.69 Å². The number of oxazole rings is 1. The third kappa shape index (κ3) is 3.14. The Morgan fingerprint density at radius 3 is 2.60 bits per heavy atom. The van der Waals surface area contributed by atoms with Crippen LogP contribution in [0.1, 0.15) is 23.2 Å². The number of aromatic carboxylic acids is 1. The predicted octanol–water partition coefficient (Wildman–Crippen LogP) is 2.38. The van der Waals surface area contributed by atoms with Crippen LogP contribution < -0.4 is 10.6 Å². The Bertz CT molecular complexity index is 663. The molecular formula is C13H13N3O4. The molecule has 1 aromatic heterocycles. The second-order valence-corrected chi connectivity index (χ2v) is 4.13. The van der Waals surface area contributed by atoms with Gasteiger partial charge in [-0.05, 0) is 25.1 Å². The number of aromatic nitrogens is 1. The van der Waals surface area contributed by atoms with Gasteiger partial charge in [-0.3, -0.25) is 4.79 Å². The van der Waals surface area contributed by atoms with Gasteiger partial charge in [0.1, 0.15) is 0 Å². The summed E-state index contributed by atoms with van der Waals surface area (Å²) in [4.78, 5) is 25.8. The van der Waals surface area contributed by atoms with Crippen molar-refractivity contribution in [1.29, 1.82) is 0 Å². The highest BCUT2D eigenvalue weighted by molar-refractivity contribution is 5.89. The highest BCUT2D eigenvalue weighted by atomic mass is 16.4. The molecule has 0 spiro atoms. The van der Waals surface area contributed by atoms with Gasteiger partial charge in [-0.15, -0.1) is 0 Å². The van der Waals surface area contributed by atoms with E-state index in [9.17, 15) is 9.59 Å². The Labute approximate surface area is 114 Å². The highest BCUT2D eigenvalue weighted by Gasteiger charge is 2.16.